The Balaban J connectivity index is 2.08. The first-order valence-corrected chi connectivity index (χ1v) is 6.81. The highest BCUT2D eigenvalue weighted by Crippen LogP contribution is 2.25. The van der Waals surface area contributed by atoms with E-state index in [1.807, 2.05) is 24.3 Å². The normalized spacial score (nSPS) is 10.7. The van der Waals surface area contributed by atoms with Crippen LogP contribution in [0.25, 0.3) is 16.9 Å². The van der Waals surface area contributed by atoms with E-state index in [4.69, 9.17) is 5.73 Å². The summed E-state index contributed by atoms with van der Waals surface area (Å²) < 4.78 is 16.2. The summed E-state index contributed by atoms with van der Waals surface area (Å²) in [6.45, 7) is 0. The van der Waals surface area contributed by atoms with Crippen molar-refractivity contribution in [3.8, 4) is 16.9 Å². The van der Waals surface area contributed by atoms with E-state index in [2.05, 4.69) is 21.0 Å². The third-order valence-electron chi connectivity index (χ3n) is 2.96. The second-order valence-corrected chi connectivity index (χ2v) is 5.24. The summed E-state index contributed by atoms with van der Waals surface area (Å²) in [5, 5.41) is 4.38. The number of nitrogens with two attached hydrogens (primary N) is 1. The van der Waals surface area contributed by atoms with Gasteiger partial charge in [-0.05, 0) is 24.3 Å². The highest BCUT2D eigenvalue weighted by molar-refractivity contribution is 9.10. The number of nitrogens with zero attached hydrogens (tertiary/aromatic N) is 2. The smallest absolute Gasteiger partial charge is 0.148 e. The molecule has 0 aliphatic rings. The van der Waals surface area contributed by atoms with Gasteiger partial charge in [-0.3, -0.25) is 0 Å². The summed E-state index contributed by atoms with van der Waals surface area (Å²) in [6, 6.07) is 15.8. The fourth-order valence-electron chi connectivity index (χ4n) is 1.97. The second kappa shape index (κ2) is 5.09. The first-order chi connectivity index (χ1) is 9.65. The highest BCUT2D eigenvalue weighted by Gasteiger charge is 2.11. The number of aromatic nitrogens is 2. The maximum Gasteiger partial charge on any atom is 0.148 e. The van der Waals surface area contributed by atoms with E-state index in [0.29, 0.717) is 17.2 Å². The molecule has 0 aliphatic carbocycles. The van der Waals surface area contributed by atoms with Crippen LogP contribution in [0, 0.1) is 5.82 Å². The van der Waals surface area contributed by atoms with E-state index in [0.717, 1.165) is 10.0 Å². The average molecular weight is 332 g/mol. The van der Waals surface area contributed by atoms with Crippen LogP contribution < -0.4 is 5.73 Å². The third kappa shape index (κ3) is 2.32. The fraction of sp³-hybridized carbons (Fsp3) is 0. The Bertz CT molecular complexity index is 750. The fourth-order valence-corrected chi connectivity index (χ4v) is 2.24. The quantitative estimate of drug-likeness (QED) is 0.770. The molecule has 3 nitrogen and oxygen atoms in total. The summed E-state index contributed by atoms with van der Waals surface area (Å²) in [4.78, 5) is 0. The lowest BCUT2D eigenvalue weighted by molar-refractivity contribution is 0.612. The van der Waals surface area contributed by atoms with Crippen molar-refractivity contribution < 1.29 is 4.39 Å². The molecule has 3 rings (SSSR count). The van der Waals surface area contributed by atoms with Crippen molar-refractivity contribution >= 4 is 21.7 Å². The molecule has 100 valence electrons. The molecule has 0 saturated carbocycles. The first kappa shape index (κ1) is 12.9. The number of anilines is 1. The van der Waals surface area contributed by atoms with Crippen LogP contribution in [0.15, 0.2) is 59.1 Å². The third-order valence-corrected chi connectivity index (χ3v) is 3.49. The van der Waals surface area contributed by atoms with Crippen molar-refractivity contribution in [1.82, 2.24) is 9.78 Å². The predicted molar refractivity (Wildman–Crippen MR) is 81.1 cm³/mol. The van der Waals surface area contributed by atoms with Crippen LogP contribution >= 0.6 is 15.9 Å². The largest absolute Gasteiger partial charge is 0.384 e. The molecule has 2 aromatic carbocycles. The Kier molecular flexibility index (Phi) is 3.28. The SMILES string of the molecule is Nc1cc(-c2ccc(Br)cc2)nn1-c1ccccc1F. The monoisotopic (exact) mass is 331 g/mol. The Morgan fingerprint density at radius 1 is 1.05 bits per heavy atom. The lowest BCUT2D eigenvalue weighted by atomic mass is 10.2. The molecule has 0 fully saturated rings. The summed E-state index contributed by atoms with van der Waals surface area (Å²) in [5.74, 6) is 0.0395. The second-order valence-electron chi connectivity index (χ2n) is 4.32. The van der Waals surface area contributed by atoms with Gasteiger partial charge in [-0.2, -0.15) is 5.10 Å². The minimum Gasteiger partial charge on any atom is -0.384 e. The van der Waals surface area contributed by atoms with E-state index in [9.17, 15) is 4.39 Å². The number of halogens is 2. The van der Waals surface area contributed by atoms with Gasteiger partial charge in [0.2, 0.25) is 0 Å². The van der Waals surface area contributed by atoms with Crippen LogP contribution in [0.3, 0.4) is 0 Å². The van der Waals surface area contributed by atoms with Gasteiger partial charge in [0, 0.05) is 16.1 Å². The molecule has 20 heavy (non-hydrogen) atoms. The number of para-hydroxylation sites is 1. The van der Waals surface area contributed by atoms with Crippen molar-refractivity contribution in [3.05, 3.63) is 64.9 Å². The molecular weight excluding hydrogens is 321 g/mol. The molecule has 0 radical (unpaired) electrons. The molecule has 1 aromatic heterocycles. The van der Waals surface area contributed by atoms with Gasteiger partial charge in [0.05, 0.1) is 5.69 Å². The Hall–Kier alpha value is -2.14. The van der Waals surface area contributed by atoms with Gasteiger partial charge in [0.15, 0.2) is 0 Å². The average Bonchev–Trinajstić information content (AvgIpc) is 2.82. The summed E-state index contributed by atoms with van der Waals surface area (Å²) in [6.07, 6.45) is 0. The van der Waals surface area contributed by atoms with Crippen LogP contribution in [0.5, 0.6) is 0 Å². The standard InChI is InChI=1S/C15H11BrFN3/c16-11-7-5-10(6-8-11)13-9-15(18)20(19-13)14-4-2-1-3-12(14)17/h1-9H,18H2. The Labute approximate surface area is 124 Å². The Morgan fingerprint density at radius 3 is 2.45 bits per heavy atom. The van der Waals surface area contributed by atoms with Crippen LogP contribution in [0.1, 0.15) is 0 Å². The van der Waals surface area contributed by atoms with Crippen LogP contribution in [0.2, 0.25) is 0 Å². The molecule has 2 N–H and O–H groups in total. The summed E-state index contributed by atoms with van der Waals surface area (Å²) in [7, 11) is 0. The van der Waals surface area contributed by atoms with Gasteiger partial charge < -0.3 is 5.73 Å². The van der Waals surface area contributed by atoms with E-state index in [1.54, 1.807) is 24.3 Å². The molecule has 1 heterocycles. The predicted octanol–water partition coefficient (Wildman–Crippen LogP) is 4.02. The van der Waals surface area contributed by atoms with Crippen molar-refractivity contribution in [2.24, 2.45) is 0 Å². The van der Waals surface area contributed by atoms with E-state index >= 15 is 0 Å². The van der Waals surface area contributed by atoms with Gasteiger partial charge in [0.1, 0.15) is 17.3 Å². The minimum absolute atomic E-state index is 0.341. The topological polar surface area (TPSA) is 43.8 Å². The molecule has 0 unspecified atom stereocenters. The van der Waals surface area contributed by atoms with Gasteiger partial charge in [0.25, 0.3) is 0 Å². The van der Waals surface area contributed by atoms with Gasteiger partial charge in [-0.1, -0.05) is 40.2 Å². The number of hydrogen-bond acceptors (Lipinski definition) is 2. The molecular formula is C15H11BrFN3. The van der Waals surface area contributed by atoms with Crippen LogP contribution in [-0.2, 0) is 0 Å². The highest BCUT2D eigenvalue weighted by atomic mass is 79.9. The molecule has 0 atom stereocenters. The van der Waals surface area contributed by atoms with Gasteiger partial charge in [-0.25, -0.2) is 9.07 Å². The number of rotatable bonds is 2. The van der Waals surface area contributed by atoms with Gasteiger partial charge in [-0.15, -0.1) is 0 Å². The van der Waals surface area contributed by atoms with E-state index in [-0.39, 0.29) is 5.82 Å². The minimum atomic E-state index is -0.357. The number of benzene rings is 2. The zero-order valence-corrected chi connectivity index (χ0v) is 12.0. The zero-order valence-electron chi connectivity index (χ0n) is 10.4. The molecule has 0 spiro atoms. The molecule has 0 bridgehead atoms. The van der Waals surface area contributed by atoms with Crippen molar-refractivity contribution in [3.63, 3.8) is 0 Å². The molecule has 5 heteroatoms. The maximum absolute atomic E-state index is 13.8. The van der Waals surface area contributed by atoms with Crippen LogP contribution in [-0.4, -0.2) is 9.78 Å². The van der Waals surface area contributed by atoms with E-state index in [1.165, 1.54) is 10.7 Å². The lowest BCUT2D eigenvalue weighted by Gasteiger charge is -2.04. The lowest BCUT2D eigenvalue weighted by Crippen LogP contribution is -2.03. The first-order valence-electron chi connectivity index (χ1n) is 6.01. The molecule has 0 saturated heterocycles. The van der Waals surface area contributed by atoms with Crippen molar-refractivity contribution in [2.75, 3.05) is 5.73 Å². The number of hydrogen-bond donors (Lipinski definition) is 1. The number of nitrogen functional groups attached to an aromatic ring is 1. The summed E-state index contributed by atoms with van der Waals surface area (Å²) >= 11 is 3.38. The molecule has 3 aromatic rings. The zero-order chi connectivity index (χ0) is 14.1. The Morgan fingerprint density at radius 2 is 1.75 bits per heavy atom. The summed E-state index contributed by atoms with van der Waals surface area (Å²) in [5.41, 5.74) is 7.91. The van der Waals surface area contributed by atoms with Crippen molar-refractivity contribution in [1.29, 1.82) is 0 Å². The van der Waals surface area contributed by atoms with Crippen LogP contribution in [0.4, 0.5) is 10.2 Å². The van der Waals surface area contributed by atoms with E-state index < -0.39 is 0 Å². The maximum atomic E-state index is 13.8. The molecule has 0 amide bonds. The van der Waals surface area contributed by atoms with Gasteiger partial charge >= 0.3 is 0 Å². The molecule has 0 aliphatic heterocycles. The van der Waals surface area contributed by atoms with Crippen molar-refractivity contribution in [2.45, 2.75) is 0 Å².